The number of nitrogens with zero attached hydrogens (tertiary/aromatic N) is 2. The highest BCUT2D eigenvalue weighted by molar-refractivity contribution is 7.11. The number of hydrogen-bond donors (Lipinski definition) is 1. The van der Waals surface area contributed by atoms with Crippen LogP contribution >= 0.6 is 22.9 Å². The summed E-state index contributed by atoms with van der Waals surface area (Å²) >= 11 is 8.04. The molecule has 0 fully saturated rings. The molecule has 0 radical (unpaired) electrons. The molecular formula is C15H20ClN3S. The van der Waals surface area contributed by atoms with Crippen molar-refractivity contribution in [3.05, 3.63) is 44.6 Å². The molecule has 0 aliphatic carbocycles. The monoisotopic (exact) mass is 309 g/mol. The van der Waals surface area contributed by atoms with Gasteiger partial charge in [-0.2, -0.15) is 0 Å². The van der Waals surface area contributed by atoms with Gasteiger partial charge in [0.2, 0.25) is 0 Å². The minimum Gasteiger partial charge on any atom is -0.308 e. The number of halogens is 1. The second kappa shape index (κ2) is 7.16. The molecule has 0 saturated heterocycles. The molecule has 1 N–H and O–H groups in total. The van der Waals surface area contributed by atoms with Crippen LogP contribution in [0.1, 0.15) is 40.7 Å². The summed E-state index contributed by atoms with van der Waals surface area (Å²) in [4.78, 5) is 10.3. The minimum absolute atomic E-state index is 0.119. The lowest BCUT2D eigenvalue weighted by Gasteiger charge is -2.17. The number of thiazole rings is 1. The standard InChI is InChI=1S/C15H20ClN3S/c1-4-7-17-13(15-12(16)6-5-8-18-15)9-14-19-10(2)11(3)20-14/h5-6,8,13,17H,4,7,9H2,1-3H3. The minimum atomic E-state index is 0.119. The molecule has 2 aromatic rings. The van der Waals surface area contributed by atoms with Gasteiger partial charge in [0.25, 0.3) is 0 Å². The van der Waals surface area contributed by atoms with Crippen LogP contribution < -0.4 is 5.32 Å². The van der Waals surface area contributed by atoms with Gasteiger partial charge in [-0.3, -0.25) is 4.98 Å². The van der Waals surface area contributed by atoms with Crippen molar-refractivity contribution in [1.82, 2.24) is 15.3 Å². The molecule has 0 saturated carbocycles. The van der Waals surface area contributed by atoms with E-state index in [-0.39, 0.29) is 6.04 Å². The summed E-state index contributed by atoms with van der Waals surface area (Å²) in [7, 11) is 0. The lowest BCUT2D eigenvalue weighted by atomic mass is 10.1. The third kappa shape index (κ3) is 3.78. The third-order valence-corrected chi connectivity index (χ3v) is 4.62. The predicted molar refractivity (Wildman–Crippen MR) is 85.6 cm³/mol. The number of aryl methyl sites for hydroxylation is 2. The van der Waals surface area contributed by atoms with E-state index in [2.05, 4.69) is 36.1 Å². The Kier molecular flexibility index (Phi) is 5.52. The van der Waals surface area contributed by atoms with E-state index in [1.54, 1.807) is 17.5 Å². The fourth-order valence-corrected chi connectivity index (χ4v) is 3.27. The summed E-state index contributed by atoms with van der Waals surface area (Å²) in [6.07, 6.45) is 3.70. The topological polar surface area (TPSA) is 37.8 Å². The van der Waals surface area contributed by atoms with Gasteiger partial charge >= 0.3 is 0 Å². The second-order valence-electron chi connectivity index (χ2n) is 4.83. The van der Waals surface area contributed by atoms with Crippen molar-refractivity contribution in [3.8, 4) is 0 Å². The molecule has 0 amide bonds. The molecule has 0 aromatic carbocycles. The highest BCUT2D eigenvalue weighted by atomic mass is 35.5. The van der Waals surface area contributed by atoms with Gasteiger partial charge in [-0.25, -0.2) is 4.98 Å². The van der Waals surface area contributed by atoms with Gasteiger partial charge in [0.1, 0.15) is 0 Å². The molecule has 2 aromatic heterocycles. The predicted octanol–water partition coefficient (Wildman–Crippen LogP) is 4.09. The average Bonchev–Trinajstić information content (AvgIpc) is 2.74. The van der Waals surface area contributed by atoms with E-state index >= 15 is 0 Å². The zero-order valence-corrected chi connectivity index (χ0v) is 13.7. The molecule has 0 bridgehead atoms. The molecule has 2 heterocycles. The summed E-state index contributed by atoms with van der Waals surface area (Å²) in [6.45, 7) is 7.26. The van der Waals surface area contributed by atoms with Crippen molar-refractivity contribution in [1.29, 1.82) is 0 Å². The summed E-state index contributed by atoms with van der Waals surface area (Å²) in [5.41, 5.74) is 2.03. The summed E-state index contributed by atoms with van der Waals surface area (Å²) in [6, 6.07) is 3.87. The third-order valence-electron chi connectivity index (χ3n) is 3.21. The lowest BCUT2D eigenvalue weighted by Crippen LogP contribution is -2.25. The van der Waals surface area contributed by atoms with Crippen LogP contribution in [-0.4, -0.2) is 16.5 Å². The van der Waals surface area contributed by atoms with Crippen LogP contribution in [0.2, 0.25) is 5.02 Å². The van der Waals surface area contributed by atoms with E-state index in [4.69, 9.17) is 11.6 Å². The second-order valence-corrected chi connectivity index (χ2v) is 6.53. The van der Waals surface area contributed by atoms with Gasteiger partial charge in [-0.1, -0.05) is 18.5 Å². The number of rotatable bonds is 6. The Balaban J connectivity index is 2.21. The van der Waals surface area contributed by atoms with Crippen molar-refractivity contribution in [3.63, 3.8) is 0 Å². The van der Waals surface area contributed by atoms with Crippen LogP contribution in [-0.2, 0) is 6.42 Å². The first-order valence-corrected chi connectivity index (χ1v) is 8.08. The molecule has 1 atom stereocenters. The average molecular weight is 310 g/mol. The van der Waals surface area contributed by atoms with Crippen molar-refractivity contribution in [2.45, 2.75) is 39.7 Å². The first-order chi connectivity index (χ1) is 9.61. The number of pyridine rings is 1. The van der Waals surface area contributed by atoms with Crippen LogP contribution in [0, 0.1) is 13.8 Å². The fourth-order valence-electron chi connectivity index (χ4n) is 2.04. The quantitative estimate of drug-likeness (QED) is 0.873. The molecular weight excluding hydrogens is 290 g/mol. The Morgan fingerprint density at radius 3 is 2.80 bits per heavy atom. The van der Waals surface area contributed by atoms with Crippen LogP contribution in [0.3, 0.4) is 0 Å². The maximum atomic E-state index is 6.28. The normalized spacial score (nSPS) is 12.6. The van der Waals surface area contributed by atoms with Gasteiger partial charge < -0.3 is 5.32 Å². The SMILES string of the molecule is CCCNC(Cc1nc(C)c(C)s1)c1ncccc1Cl. The smallest absolute Gasteiger partial charge is 0.0950 e. The fraction of sp³-hybridized carbons (Fsp3) is 0.467. The van der Waals surface area contributed by atoms with Gasteiger partial charge in [0.15, 0.2) is 0 Å². The van der Waals surface area contributed by atoms with Crippen LogP contribution in [0.15, 0.2) is 18.3 Å². The summed E-state index contributed by atoms with van der Waals surface area (Å²) in [5, 5.41) is 5.37. The maximum Gasteiger partial charge on any atom is 0.0950 e. The maximum absolute atomic E-state index is 6.28. The van der Waals surface area contributed by atoms with Crippen LogP contribution in [0.5, 0.6) is 0 Å². The van der Waals surface area contributed by atoms with Gasteiger partial charge in [-0.15, -0.1) is 11.3 Å². The Morgan fingerprint density at radius 2 is 2.20 bits per heavy atom. The number of aromatic nitrogens is 2. The highest BCUT2D eigenvalue weighted by Gasteiger charge is 2.18. The molecule has 3 nitrogen and oxygen atoms in total. The Hall–Kier alpha value is -0.970. The van der Waals surface area contributed by atoms with Crippen LogP contribution in [0.4, 0.5) is 0 Å². The van der Waals surface area contributed by atoms with Crippen molar-refractivity contribution in [2.24, 2.45) is 0 Å². The van der Waals surface area contributed by atoms with Gasteiger partial charge in [0.05, 0.1) is 27.5 Å². The molecule has 5 heteroatoms. The first-order valence-electron chi connectivity index (χ1n) is 6.88. The van der Waals surface area contributed by atoms with E-state index in [0.717, 1.165) is 35.8 Å². The van der Waals surface area contributed by atoms with E-state index in [1.165, 1.54) is 4.88 Å². The summed E-state index contributed by atoms with van der Waals surface area (Å²) < 4.78 is 0. The van der Waals surface area contributed by atoms with Gasteiger partial charge in [-0.05, 0) is 38.9 Å². The van der Waals surface area contributed by atoms with Crippen molar-refractivity contribution in [2.75, 3.05) is 6.54 Å². The molecule has 0 aliphatic rings. The number of nitrogens with one attached hydrogen (secondary N) is 1. The van der Waals surface area contributed by atoms with E-state index in [1.807, 2.05) is 12.1 Å². The Labute approximate surface area is 129 Å². The lowest BCUT2D eigenvalue weighted by molar-refractivity contribution is 0.517. The molecule has 0 spiro atoms. The highest BCUT2D eigenvalue weighted by Crippen LogP contribution is 2.26. The van der Waals surface area contributed by atoms with E-state index in [9.17, 15) is 0 Å². The molecule has 2 rings (SSSR count). The molecule has 108 valence electrons. The molecule has 20 heavy (non-hydrogen) atoms. The van der Waals surface area contributed by atoms with Crippen LogP contribution in [0.25, 0.3) is 0 Å². The van der Waals surface area contributed by atoms with E-state index in [0.29, 0.717) is 5.02 Å². The van der Waals surface area contributed by atoms with Crippen molar-refractivity contribution < 1.29 is 0 Å². The molecule has 0 aliphatic heterocycles. The molecule has 1 unspecified atom stereocenters. The zero-order valence-electron chi connectivity index (χ0n) is 12.1. The van der Waals surface area contributed by atoms with E-state index < -0.39 is 0 Å². The zero-order chi connectivity index (χ0) is 14.5. The summed E-state index contributed by atoms with van der Waals surface area (Å²) in [5.74, 6) is 0. The van der Waals surface area contributed by atoms with Crippen molar-refractivity contribution >= 4 is 22.9 Å². The Bertz CT molecular complexity index is 548. The van der Waals surface area contributed by atoms with Gasteiger partial charge in [0, 0.05) is 17.5 Å². The Morgan fingerprint density at radius 1 is 1.40 bits per heavy atom. The largest absolute Gasteiger partial charge is 0.308 e. The first kappa shape index (κ1) is 15.4. The number of hydrogen-bond acceptors (Lipinski definition) is 4.